The van der Waals surface area contributed by atoms with Crippen LogP contribution in [0.15, 0.2) is 28.7 Å². The van der Waals surface area contributed by atoms with Crippen molar-refractivity contribution in [1.29, 1.82) is 0 Å². The molecule has 0 fully saturated rings. The van der Waals surface area contributed by atoms with Gasteiger partial charge in [0.25, 0.3) is 0 Å². The number of hydrogen-bond acceptors (Lipinski definition) is 1. The Kier molecular flexibility index (Phi) is 5.12. The van der Waals surface area contributed by atoms with Crippen LogP contribution < -0.4 is 5.32 Å². The SMILES string of the molecule is C[C@H](NCCCF)c1cccc(Br)c1. The van der Waals surface area contributed by atoms with E-state index in [9.17, 15) is 4.39 Å². The highest BCUT2D eigenvalue weighted by Gasteiger charge is 2.03. The molecule has 0 saturated heterocycles. The minimum Gasteiger partial charge on any atom is -0.310 e. The van der Waals surface area contributed by atoms with Crippen molar-refractivity contribution in [2.45, 2.75) is 19.4 Å². The summed E-state index contributed by atoms with van der Waals surface area (Å²) in [5.74, 6) is 0. The van der Waals surface area contributed by atoms with E-state index in [-0.39, 0.29) is 12.7 Å². The molecule has 1 atom stereocenters. The van der Waals surface area contributed by atoms with Crippen molar-refractivity contribution in [3.8, 4) is 0 Å². The zero-order chi connectivity index (χ0) is 10.4. The second-order valence-electron chi connectivity index (χ2n) is 3.27. The Bertz CT molecular complexity index is 278. The third kappa shape index (κ3) is 3.76. The fourth-order valence-corrected chi connectivity index (χ4v) is 1.70. The van der Waals surface area contributed by atoms with Gasteiger partial charge in [-0.25, -0.2) is 0 Å². The Labute approximate surface area is 92.8 Å². The summed E-state index contributed by atoms with van der Waals surface area (Å²) in [7, 11) is 0. The molecule has 0 aliphatic carbocycles. The van der Waals surface area contributed by atoms with Crippen LogP contribution in [-0.4, -0.2) is 13.2 Å². The molecule has 78 valence electrons. The lowest BCUT2D eigenvalue weighted by Crippen LogP contribution is -2.20. The standard InChI is InChI=1S/C11H15BrFN/c1-9(14-7-3-6-13)10-4-2-5-11(12)8-10/h2,4-5,8-9,14H,3,6-7H2,1H3/t9-/m0/s1. The van der Waals surface area contributed by atoms with Gasteiger partial charge in [-0.2, -0.15) is 0 Å². The van der Waals surface area contributed by atoms with Gasteiger partial charge in [-0.15, -0.1) is 0 Å². The number of alkyl halides is 1. The first-order chi connectivity index (χ1) is 6.74. The molecule has 0 unspecified atom stereocenters. The molecule has 1 aromatic rings. The fraction of sp³-hybridized carbons (Fsp3) is 0.455. The van der Waals surface area contributed by atoms with Crippen molar-refractivity contribution in [3.63, 3.8) is 0 Å². The molecular formula is C11H15BrFN. The summed E-state index contributed by atoms with van der Waals surface area (Å²) in [6.45, 7) is 2.56. The van der Waals surface area contributed by atoms with Crippen LogP contribution in [0.1, 0.15) is 24.9 Å². The second-order valence-corrected chi connectivity index (χ2v) is 4.19. The minimum atomic E-state index is -0.252. The summed E-state index contributed by atoms with van der Waals surface area (Å²) in [6, 6.07) is 8.43. The van der Waals surface area contributed by atoms with Crippen LogP contribution in [0.25, 0.3) is 0 Å². The van der Waals surface area contributed by atoms with Crippen molar-refractivity contribution in [2.75, 3.05) is 13.2 Å². The lowest BCUT2D eigenvalue weighted by Gasteiger charge is -2.13. The van der Waals surface area contributed by atoms with Gasteiger partial charge in [0.05, 0.1) is 6.67 Å². The third-order valence-electron chi connectivity index (χ3n) is 2.11. The monoisotopic (exact) mass is 259 g/mol. The van der Waals surface area contributed by atoms with Crippen LogP contribution in [0.3, 0.4) is 0 Å². The number of hydrogen-bond donors (Lipinski definition) is 1. The average molecular weight is 260 g/mol. The van der Waals surface area contributed by atoms with Crippen LogP contribution in [0.5, 0.6) is 0 Å². The predicted octanol–water partition coefficient (Wildman–Crippen LogP) is 3.46. The molecular weight excluding hydrogens is 245 g/mol. The Morgan fingerprint density at radius 3 is 2.93 bits per heavy atom. The number of rotatable bonds is 5. The van der Waals surface area contributed by atoms with Gasteiger partial charge in [-0.1, -0.05) is 28.1 Å². The highest BCUT2D eigenvalue weighted by Crippen LogP contribution is 2.17. The van der Waals surface area contributed by atoms with E-state index in [0.717, 1.165) is 11.0 Å². The Balaban J connectivity index is 2.47. The molecule has 1 rings (SSSR count). The largest absolute Gasteiger partial charge is 0.310 e. The predicted molar refractivity (Wildman–Crippen MR) is 61.2 cm³/mol. The van der Waals surface area contributed by atoms with Gasteiger partial charge in [0.2, 0.25) is 0 Å². The minimum absolute atomic E-state index is 0.252. The molecule has 0 aromatic heterocycles. The van der Waals surface area contributed by atoms with E-state index >= 15 is 0 Å². The summed E-state index contributed by atoms with van der Waals surface area (Å²) < 4.78 is 12.9. The summed E-state index contributed by atoms with van der Waals surface area (Å²) in [4.78, 5) is 0. The Morgan fingerprint density at radius 1 is 1.50 bits per heavy atom. The molecule has 0 saturated carbocycles. The van der Waals surface area contributed by atoms with Gasteiger partial charge in [0.1, 0.15) is 0 Å². The van der Waals surface area contributed by atoms with E-state index in [0.29, 0.717) is 6.42 Å². The highest BCUT2D eigenvalue weighted by atomic mass is 79.9. The zero-order valence-electron chi connectivity index (χ0n) is 8.26. The van der Waals surface area contributed by atoms with Crippen LogP contribution in [0.2, 0.25) is 0 Å². The summed E-state index contributed by atoms with van der Waals surface area (Å²) in [5, 5.41) is 3.27. The van der Waals surface area contributed by atoms with Gasteiger partial charge < -0.3 is 5.32 Å². The molecule has 0 bridgehead atoms. The molecule has 0 amide bonds. The Hall–Kier alpha value is -0.410. The topological polar surface area (TPSA) is 12.0 Å². The molecule has 3 heteroatoms. The van der Waals surface area contributed by atoms with Crippen molar-refractivity contribution in [1.82, 2.24) is 5.32 Å². The van der Waals surface area contributed by atoms with E-state index in [1.165, 1.54) is 5.56 Å². The molecule has 0 heterocycles. The smallest absolute Gasteiger partial charge is 0.0906 e. The third-order valence-corrected chi connectivity index (χ3v) is 2.60. The van der Waals surface area contributed by atoms with Gasteiger partial charge in [0, 0.05) is 10.5 Å². The van der Waals surface area contributed by atoms with E-state index in [4.69, 9.17) is 0 Å². The quantitative estimate of drug-likeness (QED) is 0.799. The first-order valence-electron chi connectivity index (χ1n) is 4.79. The number of nitrogens with one attached hydrogen (secondary N) is 1. The number of halogens is 2. The zero-order valence-corrected chi connectivity index (χ0v) is 9.85. The lowest BCUT2D eigenvalue weighted by molar-refractivity contribution is 0.446. The van der Waals surface area contributed by atoms with Crippen LogP contribution in [0, 0.1) is 0 Å². The normalized spacial score (nSPS) is 12.8. The van der Waals surface area contributed by atoms with E-state index in [1.807, 2.05) is 12.1 Å². The summed E-state index contributed by atoms with van der Waals surface area (Å²) in [6.07, 6.45) is 0.582. The molecule has 1 aromatic carbocycles. The molecule has 0 radical (unpaired) electrons. The van der Waals surface area contributed by atoms with Gasteiger partial charge in [0.15, 0.2) is 0 Å². The molecule has 14 heavy (non-hydrogen) atoms. The van der Waals surface area contributed by atoms with Crippen LogP contribution >= 0.6 is 15.9 Å². The first-order valence-corrected chi connectivity index (χ1v) is 5.58. The van der Waals surface area contributed by atoms with E-state index in [1.54, 1.807) is 0 Å². The maximum atomic E-state index is 11.9. The lowest BCUT2D eigenvalue weighted by atomic mass is 10.1. The molecule has 1 N–H and O–H groups in total. The van der Waals surface area contributed by atoms with Crippen LogP contribution in [0.4, 0.5) is 4.39 Å². The van der Waals surface area contributed by atoms with Gasteiger partial charge in [-0.3, -0.25) is 4.39 Å². The van der Waals surface area contributed by atoms with E-state index < -0.39 is 0 Å². The summed E-state index contributed by atoms with van der Waals surface area (Å²) in [5.41, 5.74) is 1.22. The maximum absolute atomic E-state index is 11.9. The van der Waals surface area contributed by atoms with Crippen molar-refractivity contribution >= 4 is 15.9 Å². The Morgan fingerprint density at radius 2 is 2.29 bits per heavy atom. The summed E-state index contributed by atoms with van der Waals surface area (Å²) >= 11 is 3.42. The molecule has 0 aliphatic heterocycles. The molecule has 0 aliphatic rings. The highest BCUT2D eigenvalue weighted by molar-refractivity contribution is 9.10. The van der Waals surface area contributed by atoms with Crippen molar-refractivity contribution in [3.05, 3.63) is 34.3 Å². The second kappa shape index (κ2) is 6.14. The number of benzene rings is 1. The van der Waals surface area contributed by atoms with E-state index in [2.05, 4.69) is 40.3 Å². The first kappa shape index (κ1) is 11.7. The van der Waals surface area contributed by atoms with Gasteiger partial charge >= 0.3 is 0 Å². The molecule has 0 spiro atoms. The maximum Gasteiger partial charge on any atom is 0.0906 e. The van der Waals surface area contributed by atoms with Gasteiger partial charge in [-0.05, 0) is 37.6 Å². The fourth-order valence-electron chi connectivity index (χ4n) is 1.28. The molecule has 1 nitrogen and oxygen atoms in total. The van der Waals surface area contributed by atoms with Crippen molar-refractivity contribution < 1.29 is 4.39 Å². The van der Waals surface area contributed by atoms with Crippen LogP contribution in [-0.2, 0) is 0 Å². The average Bonchev–Trinajstić information content (AvgIpc) is 2.18. The van der Waals surface area contributed by atoms with Crippen molar-refractivity contribution in [2.24, 2.45) is 0 Å².